The number of hydrogen-bond acceptors (Lipinski definition) is 30. The summed E-state index contributed by atoms with van der Waals surface area (Å²) in [6, 6.07) is -1.42. The van der Waals surface area contributed by atoms with Gasteiger partial charge in [0.25, 0.3) is 40.5 Å². The smallest absolute Gasteiger partial charge is 0.266 e. The molecule has 39 nitrogen and oxygen atoms in total. The molecule has 2 amide bonds. The zero-order valence-electron chi connectivity index (χ0n) is 88.9. The zero-order valence-corrected chi connectivity index (χ0v) is 93.8. The quantitative estimate of drug-likeness (QED) is 0.0164. The summed E-state index contributed by atoms with van der Waals surface area (Å²) in [6.45, 7) is 46.2. The van der Waals surface area contributed by atoms with Crippen LogP contribution in [0.4, 0.5) is 0 Å². The molecule has 3 rings (SSSR count). The maximum absolute atomic E-state index is 12.1. The Balaban J connectivity index is -0.000000778. The molecular formula is C95H196N12O27S6. The number of amides is 2. The highest BCUT2D eigenvalue weighted by Gasteiger charge is 2.44. The van der Waals surface area contributed by atoms with E-state index < -0.39 is 132 Å². The molecule has 1 aliphatic carbocycles. The third-order valence-corrected chi connectivity index (χ3v) is 27.7. The molecule has 10 atom stereocenters. The Morgan fingerprint density at radius 2 is 0.893 bits per heavy atom. The van der Waals surface area contributed by atoms with Gasteiger partial charge in [-0.25, -0.2) is 13.1 Å². The van der Waals surface area contributed by atoms with Gasteiger partial charge in [0.05, 0.1) is 84.6 Å². The van der Waals surface area contributed by atoms with Crippen LogP contribution in [0.2, 0.25) is 0 Å². The number of ether oxygens (including phenoxy) is 2. The van der Waals surface area contributed by atoms with Gasteiger partial charge in [-0.1, -0.05) is 180 Å². The number of rotatable bonds is 69. The third kappa shape index (κ3) is 89.4. The number of aliphatic hydroxyl groups excluding tert-OH is 4. The highest BCUT2D eigenvalue weighted by Crippen LogP contribution is 2.26. The number of unbranched alkanes of at least 4 members (excludes halogenated alkanes) is 5. The number of Topliss-reactive ketones (excluding diaryl/α,β-unsaturated/α-hetero) is 3. The number of aliphatic hydroxyl groups is 4. The lowest BCUT2D eigenvalue weighted by Gasteiger charge is -2.39. The van der Waals surface area contributed by atoms with Crippen LogP contribution in [-0.2, 0) is 106 Å². The summed E-state index contributed by atoms with van der Waals surface area (Å²) in [7, 11) is -21.2. The van der Waals surface area contributed by atoms with Gasteiger partial charge in [0, 0.05) is 111 Å². The van der Waals surface area contributed by atoms with Gasteiger partial charge in [-0.15, -0.1) is 5.10 Å². The molecule has 0 radical (unpaired) electrons. The number of carbonyl (C=O) groups is 5. The van der Waals surface area contributed by atoms with Crippen molar-refractivity contribution in [2.75, 3.05) is 153 Å². The summed E-state index contributed by atoms with van der Waals surface area (Å²) in [5.41, 5.74) is 12.2. The Kier molecular flexibility index (Phi) is 81.6. The summed E-state index contributed by atoms with van der Waals surface area (Å²) >= 11 is 0. The Bertz CT molecular complexity index is 4090. The molecule has 140 heavy (non-hydrogen) atoms. The second kappa shape index (κ2) is 80.2. The molecule has 1 aromatic heterocycles. The molecule has 1 aliphatic heterocycles. The first-order valence-electron chi connectivity index (χ1n) is 50.6. The first-order chi connectivity index (χ1) is 64.8. The summed E-state index contributed by atoms with van der Waals surface area (Å²) in [6.07, 6.45) is 24.8. The first kappa shape index (κ1) is 142. The van der Waals surface area contributed by atoms with Crippen LogP contribution in [0.1, 0.15) is 297 Å². The number of ketones is 3. The van der Waals surface area contributed by atoms with Gasteiger partial charge >= 0.3 is 0 Å². The van der Waals surface area contributed by atoms with E-state index in [4.69, 9.17) is 53.4 Å². The number of hydrogen-bond donors (Lipinski definition) is 14. The van der Waals surface area contributed by atoms with Crippen molar-refractivity contribution in [3.63, 3.8) is 0 Å². The molecule has 2 aliphatic rings. The van der Waals surface area contributed by atoms with Crippen molar-refractivity contribution in [1.29, 1.82) is 0 Å². The molecule has 0 aromatic carbocycles. The fraction of sp³-hybridized carbons (Fsp3) is 0.905. The summed E-state index contributed by atoms with van der Waals surface area (Å²) in [5, 5.41) is 53.3. The van der Waals surface area contributed by atoms with E-state index in [0.717, 1.165) is 139 Å². The van der Waals surface area contributed by atoms with Crippen LogP contribution < -0.4 is 22.1 Å². The van der Waals surface area contributed by atoms with E-state index in [1.165, 1.54) is 107 Å². The zero-order chi connectivity index (χ0) is 108. The number of nitrogens with one attached hydrogen (secondary N) is 2. The van der Waals surface area contributed by atoms with Crippen LogP contribution in [0.5, 0.6) is 0 Å². The van der Waals surface area contributed by atoms with Crippen LogP contribution in [0.15, 0.2) is 6.20 Å². The van der Waals surface area contributed by atoms with Crippen molar-refractivity contribution in [3.8, 4) is 0 Å². The highest BCUT2D eigenvalue weighted by atomic mass is 32.2. The normalized spacial score (nSPS) is 17.5. The molecule has 0 spiro atoms. The molecule has 16 N–H and O–H groups in total. The van der Waals surface area contributed by atoms with Crippen molar-refractivity contribution < 1.29 is 123 Å². The van der Waals surface area contributed by atoms with Gasteiger partial charge in [0.2, 0.25) is 11.8 Å². The van der Waals surface area contributed by atoms with Gasteiger partial charge in [-0.2, -0.15) is 33.7 Å². The number of nitrogens with zero attached hydrogens (tertiary/aromatic N) is 8. The lowest BCUT2D eigenvalue weighted by Crippen LogP contribution is -2.59. The van der Waals surface area contributed by atoms with Gasteiger partial charge < -0.3 is 95.2 Å². The molecular weight excluding hydrogens is 1930 g/mol. The van der Waals surface area contributed by atoms with Gasteiger partial charge in [-0.3, -0.25) is 32.6 Å². The van der Waals surface area contributed by atoms with E-state index in [2.05, 4.69) is 119 Å². The fourth-order valence-corrected chi connectivity index (χ4v) is 17.4. The van der Waals surface area contributed by atoms with E-state index in [1.54, 1.807) is 24.7 Å². The standard InChI is InChI=1S/C18H33N3O5.C16H34N2O4S.C16H31NO.C12H28N2O5S2.C12H24N2O5S.C11H24N2O6S2.C10H22O/c1-12(2)8-6-4-5-7-9-13-10-19-20-21(13)11-14-15(22)16(23)17(24)18(25-3)26-14;1-15(2)8-11-18(13-14-23(20,21)22)12-10-17-9-6-4-5-7-16(3)19;1-14(2)11-13-17(12-7-8-15(3)18)16-9-5-4-6-10-16;1-12(2)4-7-14(9-11-21(17,18)19)8-5-13-6-10-20(3,15)16;1-9(2)4-5-14(6-7-20(17,18)19)12(16)11(13)8-10(3)15;1-9(2)4-5-13(6-7-21(17,18)19)11(14)10(12)8-20(3,15)16;1-4-10(8-11)7-5-6-9(2)3/h10,12,14-18,22-24H,4-9,11H2,1-3H3;15,17H,4-14H2,1-3H3,(H,20,21,22);14,16H,4-13H2,1-3H3;12-13H,3-11H2,1-2H3,(H,15,16)(H,17,18,19);9,11H,4-8,13H2,1-3H3,(H,17,18,19);9-10H,3-8,12H2,1-2H3,(H,15,16)(H,17,18,19);9-11H,4-8H2,1-3H3. The molecule has 1 saturated carbocycles. The molecule has 2 heterocycles. The summed E-state index contributed by atoms with van der Waals surface area (Å²) < 4.78 is 174. The molecule has 834 valence electrons. The van der Waals surface area contributed by atoms with Crippen LogP contribution in [0, 0.1) is 47.3 Å². The van der Waals surface area contributed by atoms with Crippen molar-refractivity contribution >= 4 is 101 Å². The van der Waals surface area contributed by atoms with Crippen molar-refractivity contribution in [3.05, 3.63) is 11.9 Å². The Labute approximate surface area is 846 Å². The molecule has 45 heteroatoms. The fourth-order valence-electron chi connectivity index (χ4n) is 14.3. The lowest BCUT2D eigenvalue weighted by atomic mass is 9.93. The second-order valence-corrected chi connectivity index (χ2v) is 50.5. The molecule has 2 fully saturated rings. The largest absolute Gasteiger partial charge is 0.396 e. The summed E-state index contributed by atoms with van der Waals surface area (Å²) in [5.74, 6) is 7.96. The van der Waals surface area contributed by atoms with Crippen molar-refractivity contribution in [2.45, 2.75) is 353 Å². The van der Waals surface area contributed by atoms with Gasteiger partial charge in [0.1, 0.15) is 41.8 Å². The molecule has 1 aromatic rings. The molecule has 10 unspecified atom stereocenters. The predicted molar refractivity (Wildman–Crippen MR) is 564 cm³/mol. The second-order valence-electron chi connectivity index (χ2n) is 40.4. The number of carbonyl (C=O) groups excluding carboxylic acids is 5. The van der Waals surface area contributed by atoms with Crippen LogP contribution in [0.25, 0.3) is 0 Å². The molecule has 0 bridgehead atoms. The van der Waals surface area contributed by atoms with Crippen molar-refractivity contribution in [2.24, 2.45) is 58.8 Å². The molecule has 1 saturated heterocycles. The van der Waals surface area contributed by atoms with Crippen LogP contribution in [0.3, 0.4) is 0 Å². The lowest BCUT2D eigenvalue weighted by molar-refractivity contribution is -0.292. The maximum Gasteiger partial charge on any atom is 0.266 e. The van der Waals surface area contributed by atoms with E-state index in [1.807, 2.05) is 32.6 Å². The first-order valence-corrected chi connectivity index (χ1v) is 60.7. The highest BCUT2D eigenvalue weighted by molar-refractivity contribution is 7.95. The van der Waals surface area contributed by atoms with E-state index in [9.17, 15) is 81.4 Å². The SMILES string of the molecule is C=S(=O)(O)CC(N)C(=O)N(CCC(C)C)CCS(=O)(=O)O.C=S(=O)(O)CCNCCN(CCC(C)C)CCS(=O)(=O)O.CC(=O)CC(N)C(=O)N(CCC(C)C)CCS(=O)(=O)O.CC(=O)CCCCCNCCN(CCC(C)C)CCS(=O)(=O)O.CC(=O)CCCN(CCC(C)C)C1CCCCC1.CCC(CO)CCCC(C)C.COC1OC(Cn2nncc2CCCCCCC(C)C)C(O)C(O)C1O. The minimum Gasteiger partial charge on any atom is -0.396 e. The predicted octanol–water partition coefficient (Wildman–Crippen LogP) is 9.03. The maximum atomic E-state index is 12.1. The average molecular weight is 2130 g/mol. The monoisotopic (exact) mass is 2130 g/mol. The van der Waals surface area contributed by atoms with Crippen molar-refractivity contribution in [1.82, 2.24) is 50.1 Å². The Morgan fingerprint density at radius 1 is 0.471 bits per heavy atom. The van der Waals surface area contributed by atoms with E-state index in [0.29, 0.717) is 88.0 Å². The summed E-state index contributed by atoms with van der Waals surface area (Å²) in [4.78, 5) is 66.2. The van der Waals surface area contributed by atoms with E-state index >= 15 is 0 Å². The van der Waals surface area contributed by atoms with Crippen LogP contribution in [-0.4, -0.2) is 372 Å². The van der Waals surface area contributed by atoms with E-state index in [-0.39, 0.29) is 73.9 Å². The topological polar surface area (TPSA) is 600 Å². The number of aromatic nitrogens is 3. The minimum atomic E-state index is -4.21. The van der Waals surface area contributed by atoms with Crippen LogP contribution >= 0.6 is 0 Å². The Hall–Kier alpha value is -3.83. The number of methoxy groups -OCH3 is 1. The number of nitrogens with two attached hydrogens (primary N) is 2. The third-order valence-electron chi connectivity index (χ3n) is 23.2. The van der Waals surface area contributed by atoms with Gasteiger partial charge in [-0.05, 0) is 196 Å². The minimum absolute atomic E-state index is 0.0805. The Morgan fingerprint density at radius 3 is 1.31 bits per heavy atom. The number of aryl methyl sites for hydroxylation is 1. The average Bonchev–Trinajstić information content (AvgIpc) is 1.34. The van der Waals surface area contributed by atoms with Gasteiger partial charge in [0.15, 0.2) is 6.29 Å².